The minimum absolute atomic E-state index is 0.465. The Morgan fingerprint density at radius 1 is 1.25 bits per heavy atom. The average molecular weight is 565 g/mol. The van der Waals surface area contributed by atoms with E-state index < -0.39 is 0 Å². The molecular weight excluding hydrogens is 558 g/mol. The molecule has 0 unspecified atom stereocenters. The molecule has 0 aliphatic rings. The number of halogens is 4. The average Bonchev–Trinajstić information content (AvgIpc) is 1.68. The quantitative estimate of drug-likeness (QED) is 0.190. The fraction of sp³-hybridized carbons (Fsp3) is 1.00. The van der Waals surface area contributed by atoms with Gasteiger partial charge in [0.2, 0.25) is 0 Å². The van der Waals surface area contributed by atoms with Crippen molar-refractivity contribution in [3.8, 4) is 0 Å². The van der Waals surface area contributed by atoms with Crippen LogP contribution in [0.4, 0.5) is 0 Å². The molecule has 0 bridgehead atoms. The summed E-state index contributed by atoms with van der Waals surface area (Å²) >= 11 is 5.97. The predicted molar refractivity (Wildman–Crippen MR) is 45.5 cm³/mol. The fourth-order valence-electron chi connectivity index (χ4n) is 0.186. The third-order valence-electron chi connectivity index (χ3n) is 0.498. The Kier molecular flexibility index (Phi) is 10.9. The third kappa shape index (κ3) is 6.99. The van der Waals surface area contributed by atoms with Crippen LogP contribution in [0.15, 0.2) is 0 Å². The molecule has 0 rings (SSSR count). The summed E-state index contributed by atoms with van der Waals surface area (Å²) in [5.41, 5.74) is 0. The minimum atomic E-state index is 0.465. The van der Waals surface area contributed by atoms with Gasteiger partial charge in [0.1, 0.15) is 0 Å². The summed E-state index contributed by atoms with van der Waals surface area (Å²) in [5.74, 6) is 0. The zero-order valence-corrected chi connectivity index (χ0v) is 13.0. The number of rotatable bonds is 4. The predicted octanol–water partition coefficient (Wildman–Crippen LogP) is -4.29. The molecule has 0 aliphatic carbocycles. The molecule has 0 saturated heterocycles. The Hall–Kier alpha value is 2.88. The van der Waals surface area contributed by atoms with Crippen LogP contribution in [0, 0.1) is 0 Å². The topological polar surface area (TPSA) is 3.24 Å². The molecule has 0 N–H and O–H groups in total. The van der Waals surface area contributed by atoms with Crippen LogP contribution in [-0.2, 0) is 0 Å². The van der Waals surface area contributed by atoms with E-state index in [1.807, 2.05) is 0 Å². The van der Waals surface area contributed by atoms with Gasteiger partial charge in [0.15, 0.2) is 0 Å². The summed E-state index contributed by atoms with van der Waals surface area (Å²) < 4.78 is 2.73. The van der Waals surface area contributed by atoms with Crippen LogP contribution < -0.4 is 34.5 Å². The molecule has 0 aliphatic heterocycles. The number of hydrogen-bond acceptors (Lipinski definition) is 1. The van der Waals surface area contributed by atoms with Crippen LogP contribution in [0.5, 0.6) is 0 Å². The van der Waals surface area contributed by atoms with E-state index in [-0.39, 0.29) is 0 Å². The summed E-state index contributed by atoms with van der Waals surface area (Å²) in [6, 6.07) is 0. The normalized spacial score (nSPS) is 11.5. The Morgan fingerprint density at radius 2 is 1.62 bits per heavy atom. The molecule has 0 atom stereocenters. The van der Waals surface area contributed by atoms with E-state index in [0.29, 0.717) is 34.5 Å². The van der Waals surface area contributed by atoms with Gasteiger partial charge in [0.25, 0.3) is 0 Å². The van der Waals surface area contributed by atoms with Crippen LogP contribution in [0.3, 0.4) is 0 Å². The van der Waals surface area contributed by atoms with Gasteiger partial charge in [0.05, 0.1) is 0 Å². The van der Waals surface area contributed by atoms with Crippen LogP contribution in [0.1, 0.15) is 0 Å². The van der Waals surface area contributed by atoms with Crippen molar-refractivity contribution in [2.75, 3.05) is 16.2 Å². The van der Waals surface area contributed by atoms with E-state index >= 15 is 0 Å². The van der Waals surface area contributed by atoms with E-state index in [4.69, 9.17) is 0 Å². The van der Waals surface area contributed by atoms with Gasteiger partial charge in [-0.15, -0.1) is 0 Å². The van der Waals surface area contributed by atoms with Crippen LogP contribution in [0.25, 0.3) is 0 Å². The zero-order chi connectivity index (χ0) is 6.41. The summed E-state index contributed by atoms with van der Waals surface area (Å²) in [6.45, 7) is 0. The van der Waals surface area contributed by atoms with Crippen molar-refractivity contribution >= 4 is 37.2 Å². The summed E-state index contributed by atoms with van der Waals surface area (Å²) in [7, 11) is 2.22. The zero-order valence-electron chi connectivity index (χ0n) is 4.37. The second kappa shape index (κ2) is 7.98. The maximum absolute atomic E-state index is 2.52. The second-order valence-corrected chi connectivity index (χ2v) is 11.6. The fourth-order valence-corrected chi connectivity index (χ4v) is 8.38. The van der Waals surface area contributed by atoms with Gasteiger partial charge in [-0.05, 0) is 0 Å². The molecule has 8 heavy (non-hydrogen) atoms. The van der Waals surface area contributed by atoms with Gasteiger partial charge in [-0.1, -0.05) is 0 Å². The van der Waals surface area contributed by atoms with Crippen molar-refractivity contribution in [1.82, 2.24) is 4.90 Å². The summed E-state index contributed by atoms with van der Waals surface area (Å²) in [6.07, 6.45) is 0. The van der Waals surface area contributed by atoms with Gasteiger partial charge < -0.3 is 0 Å². The first-order chi connectivity index (χ1) is 3.81. The molecule has 5 heteroatoms. The Morgan fingerprint density at radius 3 is 1.88 bits per heavy atom. The summed E-state index contributed by atoms with van der Waals surface area (Å²) in [4.78, 5) is 2.44. The first-order valence-corrected chi connectivity index (χ1v) is 17.5. The third-order valence-corrected chi connectivity index (χ3v) is 6.80. The van der Waals surface area contributed by atoms with Crippen LogP contribution in [0.2, 0.25) is 0 Å². The molecule has 0 spiro atoms. The molecule has 54 valence electrons. The molecule has 0 heterocycles. The van der Waals surface area contributed by atoms with E-state index in [1.165, 1.54) is 9.10 Å². The van der Waals surface area contributed by atoms with Crippen molar-refractivity contribution in [3.05, 3.63) is 0 Å². The first kappa shape index (κ1) is 10.9. The molecule has 0 aromatic rings. The van der Waals surface area contributed by atoms with Crippen molar-refractivity contribution in [2.45, 2.75) is 0 Å². The monoisotopic (exact) mass is 565 g/mol. The molecule has 0 amide bonds. The van der Waals surface area contributed by atoms with Gasteiger partial charge >= 0.3 is 92.7 Å². The maximum atomic E-state index is 2.52. The molecule has 0 aromatic carbocycles. The molecular formula is C3H7I4N-2. The van der Waals surface area contributed by atoms with Gasteiger partial charge in [0, 0.05) is 0 Å². The van der Waals surface area contributed by atoms with Crippen molar-refractivity contribution in [2.24, 2.45) is 0 Å². The van der Waals surface area contributed by atoms with E-state index in [0.717, 1.165) is 0 Å². The summed E-state index contributed by atoms with van der Waals surface area (Å²) in [5, 5.41) is 0. The number of alkyl halides is 2. The molecule has 1 nitrogen and oxygen atoms in total. The van der Waals surface area contributed by atoms with Gasteiger partial charge in [-0.2, -0.15) is 0 Å². The SMILES string of the molecule is CN(C[I-]I)C[I-]I. The standard InChI is InChI=1S/C3H7I4N/c1-8(2-6-4)3-7-5/h2-3H2,1H3/q-2. The molecule has 0 aromatic heterocycles. The number of hydrogen-bond donors (Lipinski definition) is 0. The van der Waals surface area contributed by atoms with Gasteiger partial charge in [-0.3, -0.25) is 0 Å². The van der Waals surface area contributed by atoms with E-state index in [1.54, 1.807) is 0 Å². The molecule has 0 fully saturated rings. The Labute approximate surface area is 90.6 Å². The van der Waals surface area contributed by atoms with E-state index in [9.17, 15) is 0 Å². The first-order valence-electron chi connectivity index (χ1n) is 1.90. The van der Waals surface area contributed by atoms with E-state index in [2.05, 4.69) is 49.2 Å². The Bertz CT molecular complexity index is 44.5. The van der Waals surface area contributed by atoms with Crippen molar-refractivity contribution in [3.63, 3.8) is 0 Å². The van der Waals surface area contributed by atoms with Crippen LogP contribution >= 0.6 is 37.2 Å². The Balaban J connectivity index is 2.92. The molecule has 0 saturated carbocycles. The van der Waals surface area contributed by atoms with Crippen molar-refractivity contribution < 1.29 is 34.5 Å². The second-order valence-electron chi connectivity index (χ2n) is 1.30. The van der Waals surface area contributed by atoms with Crippen molar-refractivity contribution in [1.29, 1.82) is 0 Å². The van der Waals surface area contributed by atoms with Gasteiger partial charge in [-0.25, -0.2) is 0 Å². The van der Waals surface area contributed by atoms with Crippen LogP contribution in [-0.4, -0.2) is 21.1 Å². The molecule has 0 radical (unpaired) electrons. The number of nitrogens with zero attached hydrogens (tertiary/aromatic N) is 1.